The van der Waals surface area contributed by atoms with E-state index in [9.17, 15) is 4.79 Å². The summed E-state index contributed by atoms with van der Waals surface area (Å²) in [6.07, 6.45) is 3.50. The molecule has 1 aliphatic rings. The van der Waals surface area contributed by atoms with E-state index in [0.717, 1.165) is 30.9 Å². The lowest BCUT2D eigenvalue weighted by Gasteiger charge is -2.33. The molecule has 2 unspecified atom stereocenters. The summed E-state index contributed by atoms with van der Waals surface area (Å²) >= 11 is 0. The summed E-state index contributed by atoms with van der Waals surface area (Å²) in [7, 11) is 0. The topological polar surface area (TPSA) is 20.3 Å². The van der Waals surface area contributed by atoms with Gasteiger partial charge in [-0.25, -0.2) is 0 Å². The molecule has 0 spiro atoms. The van der Waals surface area contributed by atoms with Crippen LogP contribution in [0.25, 0.3) is 0 Å². The van der Waals surface area contributed by atoms with Crippen LogP contribution in [0, 0.1) is 18.8 Å². The van der Waals surface area contributed by atoms with Gasteiger partial charge in [-0.05, 0) is 50.2 Å². The Kier molecular flexibility index (Phi) is 4.85. The molecule has 2 nitrogen and oxygen atoms in total. The molecule has 20 heavy (non-hydrogen) atoms. The molecule has 1 aromatic rings. The van der Waals surface area contributed by atoms with E-state index in [1.807, 2.05) is 24.3 Å². The Bertz CT molecular complexity index is 449. The number of hydrogen-bond acceptors (Lipinski definition) is 1. The summed E-state index contributed by atoms with van der Waals surface area (Å²) in [6, 6.07) is 8.36. The van der Waals surface area contributed by atoms with Crippen LogP contribution >= 0.6 is 0 Å². The van der Waals surface area contributed by atoms with Crippen molar-refractivity contribution in [3.05, 3.63) is 35.4 Å². The normalized spacial score (nSPS) is 23.8. The predicted molar refractivity (Wildman–Crippen MR) is 83.9 cm³/mol. The predicted octanol–water partition coefficient (Wildman–Crippen LogP) is 4.28. The van der Waals surface area contributed by atoms with Gasteiger partial charge in [0.2, 0.25) is 0 Å². The maximum atomic E-state index is 12.8. The van der Waals surface area contributed by atoms with Gasteiger partial charge in [0.1, 0.15) is 0 Å². The average molecular weight is 273 g/mol. The van der Waals surface area contributed by atoms with Gasteiger partial charge in [0.25, 0.3) is 5.91 Å². The number of likely N-dealkylation sites (tertiary alicyclic amines) is 1. The Morgan fingerprint density at radius 1 is 1.15 bits per heavy atom. The molecule has 1 saturated heterocycles. The summed E-state index contributed by atoms with van der Waals surface area (Å²) < 4.78 is 0. The Balaban J connectivity index is 2.22. The van der Waals surface area contributed by atoms with Crippen molar-refractivity contribution in [2.45, 2.75) is 53.0 Å². The molecule has 0 saturated carbocycles. The average Bonchev–Trinajstić information content (AvgIpc) is 2.61. The molecule has 0 radical (unpaired) electrons. The maximum Gasteiger partial charge on any atom is 0.254 e. The molecule has 0 aliphatic carbocycles. The van der Waals surface area contributed by atoms with Crippen molar-refractivity contribution in [2.75, 3.05) is 6.54 Å². The number of nitrogens with zero attached hydrogens (tertiary/aromatic N) is 1. The molecule has 2 heteroatoms. The third-order valence-electron chi connectivity index (χ3n) is 4.55. The van der Waals surface area contributed by atoms with Crippen LogP contribution in [-0.2, 0) is 0 Å². The monoisotopic (exact) mass is 273 g/mol. The highest BCUT2D eigenvalue weighted by atomic mass is 16.2. The third-order valence-corrected chi connectivity index (χ3v) is 4.55. The van der Waals surface area contributed by atoms with Gasteiger partial charge < -0.3 is 4.90 Å². The zero-order valence-corrected chi connectivity index (χ0v) is 13.2. The zero-order chi connectivity index (χ0) is 14.7. The first kappa shape index (κ1) is 15.1. The molecular weight excluding hydrogens is 246 g/mol. The van der Waals surface area contributed by atoms with Gasteiger partial charge in [0.15, 0.2) is 0 Å². The van der Waals surface area contributed by atoms with Gasteiger partial charge in [-0.2, -0.15) is 0 Å². The van der Waals surface area contributed by atoms with Crippen LogP contribution in [-0.4, -0.2) is 23.4 Å². The van der Waals surface area contributed by atoms with Gasteiger partial charge in [-0.3, -0.25) is 4.79 Å². The Morgan fingerprint density at radius 2 is 1.80 bits per heavy atom. The fourth-order valence-electron chi connectivity index (χ4n) is 3.09. The summed E-state index contributed by atoms with van der Waals surface area (Å²) in [6.45, 7) is 9.72. The van der Waals surface area contributed by atoms with Crippen LogP contribution < -0.4 is 0 Å². The van der Waals surface area contributed by atoms with E-state index in [1.165, 1.54) is 12.0 Å². The summed E-state index contributed by atoms with van der Waals surface area (Å²) in [5.41, 5.74) is 2.03. The summed E-state index contributed by atoms with van der Waals surface area (Å²) in [4.78, 5) is 14.9. The number of carbonyl (C=O) groups is 1. The Labute approximate surface area is 123 Å². The Hall–Kier alpha value is -1.31. The van der Waals surface area contributed by atoms with E-state index in [4.69, 9.17) is 0 Å². The van der Waals surface area contributed by atoms with Crippen LogP contribution in [0.15, 0.2) is 24.3 Å². The number of carbonyl (C=O) groups excluding carboxylic acids is 1. The molecule has 1 heterocycles. The molecule has 2 atom stereocenters. The lowest BCUT2D eigenvalue weighted by atomic mass is 9.95. The molecule has 1 fully saturated rings. The number of benzene rings is 1. The lowest BCUT2D eigenvalue weighted by Crippen LogP contribution is -2.42. The molecule has 110 valence electrons. The second-order valence-corrected chi connectivity index (χ2v) is 6.65. The van der Waals surface area contributed by atoms with E-state index < -0.39 is 0 Å². The maximum absolute atomic E-state index is 12.8. The van der Waals surface area contributed by atoms with Gasteiger partial charge >= 0.3 is 0 Å². The zero-order valence-electron chi connectivity index (χ0n) is 13.2. The molecule has 1 aromatic carbocycles. The second kappa shape index (κ2) is 6.43. The molecule has 0 N–H and O–H groups in total. The summed E-state index contributed by atoms with van der Waals surface area (Å²) in [5.74, 6) is 1.46. The molecule has 1 amide bonds. The van der Waals surface area contributed by atoms with Crippen LogP contribution in [0.5, 0.6) is 0 Å². The van der Waals surface area contributed by atoms with Crippen molar-refractivity contribution in [3.63, 3.8) is 0 Å². The van der Waals surface area contributed by atoms with Crippen molar-refractivity contribution in [3.8, 4) is 0 Å². The van der Waals surface area contributed by atoms with E-state index >= 15 is 0 Å². The van der Waals surface area contributed by atoms with E-state index in [-0.39, 0.29) is 5.91 Å². The highest BCUT2D eigenvalue weighted by molar-refractivity contribution is 5.94. The Morgan fingerprint density at radius 3 is 2.40 bits per heavy atom. The van der Waals surface area contributed by atoms with Crippen molar-refractivity contribution < 1.29 is 4.79 Å². The molecule has 0 bridgehead atoms. The standard InChI is InChI=1S/C18H27NO/c1-13(2)17-10-7-15(4)11-12-19(17)18(20)16-8-5-14(3)6-9-16/h5-6,8-9,13,15,17H,7,10-12H2,1-4H3. The molecule has 2 rings (SSSR count). The van der Waals surface area contributed by atoms with Gasteiger partial charge in [0, 0.05) is 18.2 Å². The van der Waals surface area contributed by atoms with E-state index in [0.29, 0.717) is 12.0 Å². The molecule has 1 aliphatic heterocycles. The number of aryl methyl sites for hydroxylation is 1. The minimum atomic E-state index is 0.206. The first-order chi connectivity index (χ1) is 9.49. The molecular formula is C18H27NO. The first-order valence-electron chi connectivity index (χ1n) is 7.86. The van der Waals surface area contributed by atoms with E-state index in [1.54, 1.807) is 0 Å². The highest BCUT2D eigenvalue weighted by Gasteiger charge is 2.29. The van der Waals surface area contributed by atoms with Gasteiger partial charge in [-0.15, -0.1) is 0 Å². The van der Waals surface area contributed by atoms with Crippen molar-refractivity contribution in [1.29, 1.82) is 0 Å². The number of amides is 1. The van der Waals surface area contributed by atoms with Crippen molar-refractivity contribution >= 4 is 5.91 Å². The van der Waals surface area contributed by atoms with Crippen LogP contribution in [0.4, 0.5) is 0 Å². The largest absolute Gasteiger partial charge is 0.335 e. The fraction of sp³-hybridized carbons (Fsp3) is 0.611. The third kappa shape index (κ3) is 3.41. The summed E-state index contributed by atoms with van der Waals surface area (Å²) in [5, 5.41) is 0. The fourth-order valence-corrected chi connectivity index (χ4v) is 3.09. The minimum Gasteiger partial charge on any atom is -0.335 e. The smallest absolute Gasteiger partial charge is 0.254 e. The van der Waals surface area contributed by atoms with Crippen LogP contribution in [0.1, 0.15) is 56.0 Å². The first-order valence-corrected chi connectivity index (χ1v) is 7.86. The minimum absolute atomic E-state index is 0.206. The quantitative estimate of drug-likeness (QED) is 0.787. The van der Waals surface area contributed by atoms with Crippen LogP contribution in [0.3, 0.4) is 0 Å². The molecule has 0 aromatic heterocycles. The SMILES string of the molecule is Cc1ccc(C(=O)N2CCC(C)CCC2C(C)C)cc1. The second-order valence-electron chi connectivity index (χ2n) is 6.65. The van der Waals surface area contributed by atoms with Crippen molar-refractivity contribution in [1.82, 2.24) is 4.90 Å². The number of hydrogen-bond donors (Lipinski definition) is 0. The number of rotatable bonds is 2. The van der Waals surface area contributed by atoms with Crippen LogP contribution in [0.2, 0.25) is 0 Å². The van der Waals surface area contributed by atoms with E-state index in [2.05, 4.69) is 32.6 Å². The van der Waals surface area contributed by atoms with Gasteiger partial charge in [-0.1, -0.05) is 38.5 Å². The van der Waals surface area contributed by atoms with Gasteiger partial charge in [0.05, 0.1) is 0 Å². The lowest BCUT2D eigenvalue weighted by molar-refractivity contribution is 0.0631. The van der Waals surface area contributed by atoms with Crippen molar-refractivity contribution in [2.24, 2.45) is 11.8 Å². The highest BCUT2D eigenvalue weighted by Crippen LogP contribution is 2.27.